The Hall–Kier alpha value is -2.33. The number of aryl methyl sites for hydroxylation is 1. The molecule has 0 aliphatic heterocycles. The number of benzene rings is 2. The molecule has 0 aliphatic rings. The molecule has 2 N–H and O–H groups in total. The zero-order valence-electron chi connectivity index (χ0n) is 12.7. The molecule has 0 atom stereocenters. The van der Waals surface area contributed by atoms with Crippen LogP contribution < -0.4 is 10.1 Å². The number of amides is 1. The Kier molecular flexibility index (Phi) is 5.98. The average molecular weight is 299 g/mol. The zero-order chi connectivity index (χ0) is 15.8. The first-order valence-electron chi connectivity index (χ1n) is 7.33. The smallest absolute Gasteiger partial charge is 0.223 e. The SMILES string of the molecule is Cc1cccc(OCCC(=O)NCc2ccccc2CO)c1. The minimum absolute atomic E-state index is 0.0253. The lowest BCUT2D eigenvalue weighted by Crippen LogP contribution is -2.25. The molecule has 0 saturated carbocycles. The standard InChI is InChI=1S/C18H21NO3/c1-14-5-4-8-17(11-14)22-10-9-18(21)19-12-15-6-2-3-7-16(15)13-20/h2-8,11,20H,9-10,12-13H2,1H3,(H,19,21). The van der Waals surface area contributed by atoms with Crippen LogP contribution in [0, 0.1) is 6.92 Å². The lowest BCUT2D eigenvalue weighted by Gasteiger charge is -2.10. The lowest BCUT2D eigenvalue weighted by atomic mass is 10.1. The van der Waals surface area contributed by atoms with Crippen molar-refractivity contribution >= 4 is 5.91 Å². The number of nitrogens with one attached hydrogen (secondary N) is 1. The van der Waals surface area contributed by atoms with E-state index in [0.29, 0.717) is 19.6 Å². The molecule has 116 valence electrons. The summed E-state index contributed by atoms with van der Waals surface area (Å²) < 4.78 is 5.55. The van der Waals surface area contributed by atoms with Crippen molar-refractivity contribution < 1.29 is 14.6 Å². The van der Waals surface area contributed by atoms with Crippen molar-refractivity contribution in [2.75, 3.05) is 6.61 Å². The van der Waals surface area contributed by atoms with Crippen molar-refractivity contribution in [2.24, 2.45) is 0 Å². The number of hydrogen-bond donors (Lipinski definition) is 2. The van der Waals surface area contributed by atoms with Crippen LogP contribution >= 0.6 is 0 Å². The van der Waals surface area contributed by atoms with E-state index in [0.717, 1.165) is 22.4 Å². The van der Waals surface area contributed by atoms with Crippen LogP contribution in [0.1, 0.15) is 23.1 Å². The highest BCUT2D eigenvalue weighted by molar-refractivity contribution is 5.76. The van der Waals surface area contributed by atoms with Crippen molar-refractivity contribution in [1.82, 2.24) is 5.32 Å². The van der Waals surface area contributed by atoms with Crippen LogP contribution in [0.2, 0.25) is 0 Å². The van der Waals surface area contributed by atoms with Gasteiger partial charge < -0.3 is 15.2 Å². The maximum atomic E-state index is 11.8. The largest absolute Gasteiger partial charge is 0.493 e. The first-order valence-corrected chi connectivity index (χ1v) is 7.33. The molecular weight excluding hydrogens is 278 g/mol. The van der Waals surface area contributed by atoms with Gasteiger partial charge in [-0.15, -0.1) is 0 Å². The quantitative estimate of drug-likeness (QED) is 0.826. The summed E-state index contributed by atoms with van der Waals surface area (Å²) in [6, 6.07) is 15.2. The van der Waals surface area contributed by atoms with E-state index in [4.69, 9.17) is 4.74 Å². The Labute approximate surface area is 130 Å². The fourth-order valence-electron chi connectivity index (χ4n) is 2.13. The molecule has 22 heavy (non-hydrogen) atoms. The van der Waals surface area contributed by atoms with Gasteiger partial charge in [0.2, 0.25) is 5.91 Å². The Morgan fingerprint density at radius 1 is 1.14 bits per heavy atom. The molecule has 2 aromatic rings. The Morgan fingerprint density at radius 3 is 2.64 bits per heavy atom. The van der Waals surface area contributed by atoms with Gasteiger partial charge in [0.15, 0.2) is 0 Å². The van der Waals surface area contributed by atoms with Crippen LogP contribution in [-0.4, -0.2) is 17.6 Å². The summed E-state index contributed by atoms with van der Waals surface area (Å²) in [5.41, 5.74) is 2.89. The Bertz CT molecular complexity index is 625. The predicted octanol–water partition coefficient (Wildman–Crippen LogP) is 2.57. The maximum Gasteiger partial charge on any atom is 0.223 e. The second-order valence-corrected chi connectivity index (χ2v) is 5.12. The van der Waals surface area contributed by atoms with Gasteiger partial charge in [-0.05, 0) is 35.7 Å². The van der Waals surface area contributed by atoms with Crippen LogP contribution in [-0.2, 0) is 17.9 Å². The Morgan fingerprint density at radius 2 is 1.91 bits per heavy atom. The van der Waals surface area contributed by atoms with Crippen molar-refractivity contribution in [3.8, 4) is 5.75 Å². The van der Waals surface area contributed by atoms with Crippen LogP contribution in [0.25, 0.3) is 0 Å². The lowest BCUT2D eigenvalue weighted by molar-refractivity contribution is -0.121. The van der Waals surface area contributed by atoms with E-state index in [2.05, 4.69) is 5.32 Å². The van der Waals surface area contributed by atoms with Crippen molar-refractivity contribution in [3.63, 3.8) is 0 Å². The topological polar surface area (TPSA) is 58.6 Å². The molecule has 0 bridgehead atoms. The number of aliphatic hydroxyl groups excluding tert-OH is 1. The number of hydrogen-bond acceptors (Lipinski definition) is 3. The molecule has 4 heteroatoms. The average Bonchev–Trinajstić information content (AvgIpc) is 2.53. The van der Waals surface area contributed by atoms with Gasteiger partial charge in [0.05, 0.1) is 19.6 Å². The first-order chi connectivity index (χ1) is 10.7. The van der Waals surface area contributed by atoms with Crippen molar-refractivity contribution in [3.05, 3.63) is 65.2 Å². The molecule has 4 nitrogen and oxygen atoms in total. The zero-order valence-corrected chi connectivity index (χ0v) is 12.7. The summed E-state index contributed by atoms with van der Waals surface area (Å²) in [6.07, 6.45) is 0.301. The van der Waals surface area contributed by atoms with Gasteiger partial charge in [-0.1, -0.05) is 36.4 Å². The molecule has 2 rings (SSSR count). The molecule has 0 unspecified atom stereocenters. The third-order valence-corrected chi connectivity index (χ3v) is 3.35. The van der Waals surface area contributed by atoms with E-state index in [1.165, 1.54) is 0 Å². The summed E-state index contributed by atoms with van der Waals surface area (Å²) in [4.78, 5) is 11.8. The second kappa shape index (κ2) is 8.20. The normalized spacial score (nSPS) is 10.3. The summed E-state index contributed by atoms with van der Waals surface area (Å²) >= 11 is 0. The molecule has 0 radical (unpaired) electrons. The monoisotopic (exact) mass is 299 g/mol. The van der Waals surface area contributed by atoms with E-state index < -0.39 is 0 Å². The highest BCUT2D eigenvalue weighted by atomic mass is 16.5. The minimum atomic E-state index is -0.0691. The third kappa shape index (κ3) is 4.90. The van der Waals surface area contributed by atoms with E-state index in [1.54, 1.807) is 0 Å². The van der Waals surface area contributed by atoms with Crippen LogP contribution in [0.4, 0.5) is 0 Å². The van der Waals surface area contributed by atoms with Crippen LogP contribution in [0.5, 0.6) is 5.75 Å². The van der Waals surface area contributed by atoms with Crippen LogP contribution in [0.3, 0.4) is 0 Å². The molecule has 2 aromatic carbocycles. The highest BCUT2D eigenvalue weighted by Gasteiger charge is 2.05. The van der Waals surface area contributed by atoms with Gasteiger partial charge in [-0.2, -0.15) is 0 Å². The van der Waals surface area contributed by atoms with E-state index in [1.807, 2.05) is 55.5 Å². The molecule has 0 fully saturated rings. The van der Waals surface area contributed by atoms with Crippen molar-refractivity contribution in [2.45, 2.75) is 26.5 Å². The Balaban J connectivity index is 1.74. The number of carbonyl (C=O) groups excluding carboxylic acids is 1. The second-order valence-electron chi connectivity index (χ2n) is 5.12. The molecule has 0 saturated heterocycles. The summed E-state index contributed by atoms with van der Waals surface area (Å²) in [5, 5.41) is 12.1. The van der Waals surface area contributed by atoms with E-state index in [-0.39, 0.29) is 12.5 Å². The van der Waals surface area contributed by atoms with E-state index in [9.17, 15) is 9.90 Å². The van der Waals surface area contributed by atoms with Crippen molar-refractivity contribution in [1.29, 1.82) is 0 Å². The number of aliphatic hydroxyl groups is 1. The predicted molar refractivity (Wildman–Crippen MR) is 85.5 cm³/mol. The number of rotatable bonds is 7. The summed E-state index contributed by atoms with van der Waals surface area (Å²) in [5.74, 6) is 0.707. The molecular formula is C18H21NO3. The molecule has 0 spiro atoms. The van der Waals surface area contributed by atoms with Gasteiger partial charge in [-0.25, -0.2) is 0 Å². The van der Waals surface area contributed by atoms with Gasteiger partial charge in [0, 0.05) is 6.54 Å². The molecule has 1 amide bonds. The van der Waals surface area contributed by atoms with Gasteiger partial charge in [-0.3, -0.25) is 4.79 Å². The number of carbonyl (C=O) groups is 1. The van der Waals surface area contributed by atoms with E-state index >= 15 is 0 Å². The van der Waals surface area contributed by atoms with Gasteiger partial charge in [0.25, 0.3) is 0 Å². The van der Waals surface area contributed by atoms with Gasteiger partial charge >= 0.3 is 0 Å². The highest BCUT2D eigenvalue weighted by Crippen LogP contribution is 2.12. The third-order valence-electron chi connectivity index (χ3n) is 3.35. The minimum Gasteiger partial charge on any atom is -0.493 e. The first kappa shape index (κ1) is 16.0. The summed E-state index contributed by atoms with van der Waals surface area (Å²) in [6.45, 7) is 2.73. The fourth-order valence-corrected chi connectivity index (χ4v) is 2.13. The maximum absolute atomic E-state index is 11.8. The van der Waals surface area contributed by atoms with Crippen LogP contribution in [0.15, 0.2) is 48.5 Å². The molecule has 0 aliphatic carbocycles. The molecule has 0 heterocycles. The van der Waals surface area contributed by atoms with Gasteiger partial charge in [0.1, 0.15) is 5.75 Å². The number of ether oxygens (including phenoxy) is 1. The summed E-state index contributed by atoms with van der Waals surface area (Å²) in [7, 11) is 0. The molecule has 0 aromatic heterocycles. The fraction of sp³-hybridized carbons (Fsp3) is 0.278.